The molecule has 0 spiro atoms. The predicted octanol–water partition coefficient (Wildman–Crippen LogP) is 2.04. The Hall–Kier alpha value is -2.50. The highest BCUT2D eigenvalue weighted by Gasteiger charge is 2.21. The van der Waals surface area contributed by atoms with Gasteiger partial charge in [0.05, 0.1) is 0 Å². The summed E-state index contributed by atoms with van der Waals surface area (Å²) in [6, 6.07) is 6.60. The number of hydrogen-bond acceptors (Lipinski definition) is 3. The third-order valence-electron chi connectivity index (χ3n) is 4.70. The van der Waals surface area contributed by atoms with Gasteiger partial charge >= 0.3 is 0 Å². The molecule has 1 N–H and O–H groups in total. The van der Waals surface area contributed by atoms with Gasteiger partial charge in [0.15, 0.2) is 5.96 Å². The Kier molecular flexibility index (Phi) is 7.28. The smallest absolute Gasteiger partial charge is 0.243 e. The number of rotatable bonds is 5. The predicted molar refractivity (Wildman–Crippen MR) is 114 cm³/mol. The second-order valence-electron chi connectivity index (χ2n) is 7.50. The van der Waals surface area contributed by atoms with Crippen molar-refractivity contribution in [1.29, 1.82) is 0 Å². The summed E-state index contributed by atoms with van der Waals surface area (Å²) in [5.74, 6) is 0.785. The first kappa shape index (κ1) is 20.8. The molecule has 0 atom stereocenters. The molecule has 0 radical (unpaired) electrons. The van der Waals surface area contributed by atoms with Crippen molar-refractivity contribution in [3.05, 3.63) is 41.5 Å². The van der Waals surface area contributed by atoms with Crippen LogP contribution in [0.3, 0.4) is 0 Å². The van der Waals surface area contributed by atoms with Gasteiger partial charge < -0.3 is 20.0 Å². The minimum absolute atomic E-state index is 0.00125. The molecule has 0 unspecified atom stereocenters. The molecule has 0 aliphatic carbocycles. The zero-order valence-electron chi connectivity index (χ0n) is 17.4. The Morgan fingerprint density at radius 1 is 1.22 bits per heavy atom. The van der Waals surface area contributed by atoms with Crippen molar-refractivity contribution >= 4 is 17.6 Å². The van der Waals surface area contributed by atoms with Gasteiger partial charge in [-0.05, 0) is 38.0 Å². The topological polar surface area (TPSA) is 51.2 Å². The minimum atomic E-state index is -0.00125. The first-order chi connectivity index (χ1) is 12.8. The van der Waals surface area contributed by atoms with Crippen molar-refractivity contribution in [1.82, 2.24) is 15.1 Å². The van der Waals surface area contributed by atoms with Crippen LogP contribution < -0.4 is 10.2 Å². The number of hydrogen-bond donors (Lipinski definition) is 1. The molecule has 1 heterocycles. The molecule has 1 aliphatic heterocycles. The van der Waals surface area contributed by atoms with E-state index in [4.69, 9.17) is 0 Å². The van der Waals surface area contributed by atoms with E-state index >= 15 is 0 Å². The Balaban J connectivity index is 2.05. The second-order valence-corrected chi connectivity index (χ2v) is 7.50. The first-order valence-electron chi connectivity index (χ1n) is 9.48. The Bertz CT molecular complexity index is 703. The van der Waals surface area contributed by atoms with E-state index in [0.717, 1.165) is 37.7 Å². The van der Waals surface area contributed by atoms with E-state index in [1.165, 1.54) is 16.8 Å². The van der Waals surface area contributed by atoms with Crippen LogP contribution in [-0.2, 0) is 4.79 Å². The molecule has 148 valence electrons. The lowest BCUT2D eigenvalue weighted by atomic mass is 10.1. The molecule has 27 heavy (non-hydrogen) atoms. The summed E-state index contributed by atoms with van der Waals surface area (Å²) >= 11 is 0. The molecule has 6 nitrogen and oxygen atoms in total. The van der Waals surface area contributed by atoms with E-state index in [1.54, 1.807) is 19.0 Å². The number of nitrogens with one attached hydrogen (secondary N) is 1. The molecule has 2 rings (SSSR count). The molecule has 6 heteroatoms. The van der Waals surface area contributed by atoms with Gasteiger partial charge in [-0.2, -0.15) is 0 Å². The highest BCUT2D eigenvalue weighted by atomic mass is 16.2. The Morgan fingerprint density at radius 2 is 1.89 bits per heavy atom. The monoisotopic (exact) mass is 371 g/mol. The SMILES string of the molecule is C=C(C)CNC(=NCC(=O)N(C)C)N1CCN(c2cc(C)ccc2C)CC1. The van der Waals surface area contributed by atoms with Crippen LogP contribution in [0.4, 0.5) is 5.69 Å². The summed E-state index contributed by atoms with van der Waals surface area (Å²) in [4.78, 5) is 22.7. The molecule has 1 fully saturated rings. The number of aryl methyl sites for hydroxylation is 2. The van der Waals surface area contributed by atoms with E-state index < -0.39 is 0 Å². The van der Waals surface area contributed by atoms with Crippen molar-refractivity contribution < 1.29 is 4.79 Å². The zero-order chi connectivity index (χ0) is 20.0. The lowest BCUT2D eigenvalue weighted by molar-refractivity contribution is -0.127. The Labute approximate surface area is 163 Å². The molecule has 1 aromatic carbocycles. The molecule has 1 aliphatic rings. The Morgan fingerprint density at radius 3 is 2.48 bits per heavy atom. The van der Waals surface area contributed by atoms with Crippen LogP contribution >= 0.6 is 0 Å². The highest BCUT2D eigenvalue weighted by molar-refractivity contribution is 5.85. The third-order valence-corrected chi connectivity index (χ3v) is 4.70. The number of piperazine rings is 1. The van der Waals surface area contributed by atoms with Gasteiger partial charge in [0.25, 0.3) is 0 Å². The fourth-order valence-corrected chi connectivity index (χ4v) is 3.00. The average Bonchev–Trinajstić information content (AvgIpc) is 2.63. The minimum Gasteiger partial charge on any atom is -0.368 e. The van der Waals surface area contributed by atoms with E-state index in [1.807, 2.05) is 6.92 Å². The van der Waals surface area contributed by atoms with Crippen molar-refractivity contribution in [3.8, 4) is 0 Å². The molecule has 1 aromatic rings. The molecule has 0 bridgehead atoms. The van der Waals surface area contributed by atoms with Gasteiger partial charge in [-0.15, -0.1) is 0 Å². The van der Waals surface area contributed by atoms with Crippen LogP contribution in [0.1, 0.15) is 18.1 Å². The van der Waals surface area contributed by atoms with Gasteiger partial charge in [0, 0.05) is 52.5 Å². The number of benzene rings is 1. The largest absolute Gasteiger partial charge is 0.368 e. The third kappa shape index (κ3) is 6.01. The molecule has 0 saturated carbocycles. The molecule has 0 aromatic heterocycles. The van der Waals surface area contributed by atoms with E-state index in [9.17, 15) is 4.79 Å². The van der Waals surface area contributed by atoms with Crippen molar-refractivity contribution in [3.63, 3.8) is 0 Å². The fourth-order valence-electron chi connectivity index (χ4n) is 3.00. The number of carbonyl (C=O) groups excluding carboxylic acids is 1. The van der Waals surface area contributed by atoms with Gasteiger partial charge in [-0.1, -0.05) is 24.3 Å². The summed E-state index contributed by atoms with van der Waals surface area (Å²) in [5.41, 5.74) is 4.94. The highest BCUT2D eigenvalue weighted by Crippen LogP contribution is 2.22. The van der Waals surface area contributed by atoms with Crippen molar-refractivity contribution in [2.75, 3.05) is 58.3 Å². The number of nitrogens with zero attached hydrogens (tertiary/aromatic N) is 4. The maximum Gasteiger partial charge on any atom is 0.243 e. The van der Waals surface area contributed by atoms with E-state index in [2.05, 4.69) is 58.7 Å². The number of carbonyl (C=O) groups is 1. The summed E-state index contributed by atoms with van der Waals surface area (Å²) in [7, 11) is 3.50. The number of aliphatic imine (C=N–C) groups is 1. The first-order valence-corrected chi connectivity index (χ1v) is 9.48. The van der Waals surface area contributed by atoms with Crippen LogP contribution in [-0.4, -0.2) is 75.0 Å². The second kappa shape index (κ2) is 9.44. The van der Waals surface area contributed by atoms with Crippen LogP contribution in [0.5, 0.6) is 0 Å². The fraction of sp³-hybridized carbons (Fsp3) is 0.524. The summed E-state index contributed by atoms with van der Waals surface area (Å²) in [6.45, 7) is 14.6. The summed E-state index contributed by atoms with van der Waals surface area (Å²) in [5, 5.41) is 3.35. The normalized spacial score (nSPS) is 14.9. The van der Waals surface area contributed by atoms with Gasteiger partial charge in [0.2, 0.25) is 5.91 Å². The van der Waals surface area contributed by atoms with Crippen LogP contribution in [0.15, 0.2) is 35.3 Å². The lowest BCUT2D eigenvalue weighted by Crippen LogP contribution is -2.53. The number of amides is 1. The number of guanidine groups is 1. The standard InChI is InChI=1S/C21H33N5O/c1-16(2)14-22-21(23-15-20(27)24(5)6)26-11-9-25(10-12-26)19-13-17(3)7-8-18(19)4/h7-8,13H,1,9-12,14-15H2,2-6H3,(H,22,23). The number of likely N-dealkylation sites (N-methyl/N-ethyl adjacent to an activating group) is 1. The molecular weight excluding hydrogens is 338 g/mol. The van der Waals surface area contributed by atoms with Crippen LogP contribution in [0.25, 0.3) is 0 Å². The number of anilines is 1. The van der Waals surface area contributed by atoms with Crippen molar-refractivity contribution in [2.45, 2.75) is 20.8 Å². The van der Waals surface area contributed by atoms with E-state index in [0.29, 0.717) is 6.54 Å². The van der Waals surface area contributed by atoms with Crippen LogP contribution in [0, 0.1) is 13.8 Å². The molecule has 1 amide bonds. The summed E-state index contributed by atoms with van der Waals surface area (Å²) < 4.78 is 0. The average molecular weight is 372 g/mol. The van der Waals surface area contributed by atoms with Gasteiger partial charge in [0.1, 0.15) is 6.54 Å². The van der Waals surface area contributed by atoms with Crippen LogP contribution in [0.2, 0.25) is 0 Å². The van der Waals surface area contributed by atoms with Gasteiger partial charge in [-0.25, -0.2) is 4.99 Å². The lowest BCUT2D eigenvalue weighted by Gasteiger charge is -2.38. The molecular formula is C21H33N5O. The zero-order valence-corrected chi connectivity index (χ0v) is 17.4. The van der Waals surface area contributed by atoms with Crippen molar-refractivity contribution in [2.24, 2.45) is 4.99 Å². The quantitative estimate of drug-likeness (QED) is 0.489. The molecule has 1 saturated heterocycles. The van der Waals surface area contributed by atoms with Gasteiger partial charge in [-0.3, -0.25) is 4.79 Å². The maximum atomic E-state index is 11.9. The van der Waals surface area contributed by atoms with E-state index in [-0.39, 0.29) is 12.5 Å². The maximum absolute atomic E-state index is 11.9. The summed E-state index contributed by atoms with van der Waals surface area (Å²) in [6.07, 6.45) is 0.